The molecule has 0 spiro atoms. The Balaban J connectivity index is 1.60. The third kappa shape index (κ3) is 3.44. The van der Waals surface area contributed by atoms with E-state index < -0.39 is 0 Å². The van der Waals surface area contributed by atoms with E-state index in [4.69, 9.17) is 9.84 Å². The Morgan fingerprint density at radius 2 is 2.08 bits per heavy atom. The molecule has 136 valence electrons. The van der Waals surface area contributed by atoms with E-state index in [9.17, 15) is 5.11 Å². The Morgan fingerprint density at radius 3 is 2.80 bits per heavy atom. The molecule has 1 saturated heterocycles. The number of aliphatic hydroxyl groups excluding tert-OH is 1. The van der Waals surface area contributed by atoms with E-state index in [2.05, 4.69) is 50.8 Å². The second kappa shape index (κ2) is 7.25. The van der Waals surface area contributed by atoms with Crippen molar-refractivity contribution in [1.82, 2.24) is 9.78 Å². The van der Waals surface area contributed by atoms with Gasteiger partial charge in [0.25, 0.3) is 0 Å². The maximum Gasteiger partial charge on any atom is 0.0944 e. The van der Waals surface area contributed by atoms with Crippen LogP contribution >= 0.6 is 15.9 Å². The van der Waals surface area contributed by atoms with Crippen molar-refractivity contribution in [2.75, 3.05) is 31.3 Å². The van der Waals surface area contributed by atoms with Crippen LogP contribution in [0.2, 0.25) is 0 Å². The summed E-state index contributed by atoms with van der Waals surface area (Å²) in [5, 5.41) is 15.4. The zero-order valence-electron chi connectivity index (χ0n) is 14.7. The molecule has 0 unspecified atom stereocenters. The lowest BCUT2D eigenvalue weighted by Crippen LogP contribution is -2.43. The minimum atomic E-state index is 0.321. The van der Waals surface area contributed by atoms with E-state index in [0.717, 1.165) is 55.4 Å². The van der Waals surface area contributed by atoms with Crippen molar-refractivity contribution in [2.45, 2.75) is 44.7 Å². The maximum absolute atomic E-state index is 9.33. The third-order valence-corrected chi connectivity index (χ3v) is 6.35. The van der Waals surface area contributed by atoms with E-state index in [1.165, 1.54) is 11.1 Å². The molecule has 4 rings (SSSR count). The Morgan fingerprint density at radius 1 is 1.28 bits per heavy atom. The second-order valence-electron chi connectivity index (χ2n) is 7.45. The Bertz CT molecular complexity index is 740. The summed E-state index contributed by atoms with van der Waals surface area (Å²) in [7, 11) is 0. The number of halogens is 1. The van der Waals surface area contributed by atoms with Crippen LogP contribution in [0.4, 0.5) is 5.69 Å². The van der Waals surface area contributed by atoms with Crippen molar-refractivity contribution >= 4 is 32.5 Å². The number of aromatic nitrogens is 2. The van der Waals surface area contributed by atoms with Gasteiger partial charge in [0.05, 0.1) is 30.5 Å². The average molecular weight is 408 g/mol. The van der Waals surface area contributed by atoms with Crippen molar-refractivity contribution in [1.29, 1.82) is 0 Å². The van der Waals surface area contributed by atoms with Crippen LogP contribution in [0.1, 0.15) is 38.6 Å². The highest BCUT2D eigenvalue weighted by molar-refractivity contribution is 9.10. The summed E-state index contributed by atoms with van der Waals surface area (Å²) in [5.41, 5.74) is 2.26. The number of fused-ring (bicyclic) bond motifs is 1. The van der Waals surface area contributed by atoms with Crippen LogP contribution in [0.15, 0.2) is 22.8 Å². The molecule has 2 heterocycles. The zero-order valence-corrected chi connectivity index (χ0v) is 16.3. The molecule has 2 fully saturated rings. The average Bonchev–Trinajstić information content (AvgIpc) is 3.04. The van der Waals surface area contributed by atoms with Crippen molar-refractivity contribution < 1.29 is 9.84 Å². The monoisotopic (exact) mass is 407 g/mol. The van der Waals surface area contributed by atoms with Crippen LogP contribution in [0.5, 0.6) is 0 Å². The van der Waals surface area contributed by atoms with Gasteiger partial charge in [-0.2, -0.15) is 5.10 Å². The fourth-order valence-corrected chi connectivity index (χ4v) is 4.72. The van der Waals surface area contributed by atoms with Gasteiger partial charge in [-0.1, -0.05) is 0 Å². The lowest BCUT2D eigenvalue weighted by Gasteiger charge is -2.35. The van der Waals surface area contributed by atoms with Crippen LogP contribution in [0.25, 0.3) is 10.9 Å². The smallest absolute Gasteiger partial charge is 0.0944 e. The molecule has 1 atom stereocenters. The number of anilines is 1. The highest BCUT2D eigenvalue weighted by Crippen LogP contribution is 2.36. The normalized spacial score (nSPS) is 27.8. The Hall–Kier alpha value is -1.11. The highest BCUT2D eigenvalue weighted by atomic mass is 79.9. The molecule has 1 aliphatic carbocycles. The maximum atomic E-state index is 9.33. The topological polar surface area (TPSA) is 50.5 Å². The summed E-state index contributed by atoms with van der Waals surface area (Å²) >= 11 is 3.76. The molecule has 1 aromatic carbocycles. The van der Waals surface area contributed by atoms with Gasteiger partial charge in [0.1, 0.15) is 0 Å². The molecule has 2 aliphatic rings. The number of nitrogens with zero attached hydrogens (tertiary/aromatic N) is 3. The van der Waals surface area contributed by atoms with Gasteiger partial charge in [-0.15, -0.1) is 0 Å². The van der Waals surface area contributed by atoms with Crippen molar-refractivity contribution in [3.8, 4) is 0 Å². The summed E-state index contributed by atoms with van der Waals surface area (Å²) in [4.78, 5) is 2.40. The third-order valence-electron chi connectivity index (χ3n) is 5.72. The first-order valence-corrected chi connectivity index (χ1v) is 10.1. The van der Waals surface area contributed by atoms with Gasteiger partial charge in [-0.05, 0) is 66.6 Å². The summed E-state index contributed by atoms with van der Waals surface area (Å²) in [6.45, 7) is 4.98. The predicted octanol–water partition coefficient (Wildman–Crippen LogP) is 3.75. The number of aliphatic hydroxyl groups is 1. The zero-order chi connectivity index (χ0) is 17.4. The summed E-state index contributed by atoms with van der Waals surface area (Å²) in [5.74, 6) is 0.477. The van der Waals surface area contributed by atoms with E-state index in [0.29, 0.717) is 24.6 Å². The molecule has 1 aromatic heterocycles. The first-order chi connectivity index (χ1) is 12.2. The molecular weight excluding hydrogens is 382 g/mol. The summed E-state index contributed by atoms with van der Waals surface area (Å²) in [6.07, 6.45) is 6.58. The largest absolute Gasteiger partial charge is 0.396 e. The van der Waals surface area contributed by atoms with Crippen LogP contribution in [-0.2, 0) is 4.74 Å². The van der Waals surface area contributed by atoms with E-state index in [-0.39, 0.29) is 0 Å². The molecule has 2 aromatic rings. The predicted molar refractivity (Wildman–Crippen MR) is 103 cm³/mol. The van der Waals surface area contributed by atoms with Crippen LogP contribution in [0, 0.1) is 5.92 Å². The lowest BCUT2D eigenvalue weighted by atomic mass is 9.87. The van der Waals surface area contributed by atoms with Gasteiger partial charge in [0.15, 0.2) is 0 Å². The molecule has 0 bridgehead atoms. The van der Waals surface area contributed by atoms with Gasteiger partial charge in [-0.25, -0.2) is 0 Å². The van der Waals surface area contributed by atoms with Gasteiger partial charge < -0.3 is 14.7 Å². The minimum Gasteiger partial charge on any atom is -0.396 e. The molecule has 5 nitrogen and oxygen atoms in total. The van der Waals surface area contributed by atoms with Crippen molar-refractivity contribution in [2.24, 2.45) is 5.92 Å². The number of morpholine rings is 1. The SMILES string of the molecule is C[C@H]1COCCN1c1cc2nn(C3CCC(CO)CC3)cc2cc1Br. The molecule has 0 amide bonds. The van der Waals surface area contributed by atoms with Gasteiger partial charge in [0, 0.05) is 35.2 Å². The van der Waals surface area contributed by atoms with Crippen molar-refractivity contribution in [3.63, 3.8) is 0 Å². The highest BCUT2D eigenvalue weighted by Gasteiger charge is 2.24. The molecule has 1 aliphatic heterocycles. The summed E-state index contributed by atoms with van der Waals surface area (Å²) < 4.78 is 8.84. The van der Waals surface area contributed by atoms with Crippen LogP contribution in [0.3, 0.4) is 0 Å². The molecule has 1 saturated carbocycles. The number of ether oxygens (including phenoxy) is 1. The van der Waals surface area contributed by atoms with E-state index >= 15 is 0 Å². The fourth-order valence-electron chi connectivity index (χ4n) is 4.14. The van der Waals surface area contributed by atoms with Gasteiger partial charge in [-0.3, -0.25) is 4.68 Å². The molecular formula is C19H26BrN3O2. The van der Waals surface area contributed by atoms with E-state index in [1.54, 1.807) is 0 Å². The fraction of sp³-hybridized carbons (Fsp3) is 0.632. The van der Waals surface area contributed by atoms with Gasteiger partial charge in [0.2, 0.25) is 0 Å². The van der Waals surface area contributed by atoms with Gasteiger partial charge >= 0.3 is 0 Å². The Kier molecular flexibility index (Phi) is 5.02. The molecule has 25 heavy (non-hydrogen) atoms. The number of benzene rings is 1. The first kappa shape index (κ1) is 17.3. The molecule has 1 N–H and O–H groups in total. The van der Waals surface area contributed by atoms with Crippen LogP contribution < -0.4 is 4.90 Å². The number of hydrogen-bond acceptors (Lipinski definition) is 4. The number of hydrogen-bond donors (Lipinski definition) is 1. The standard InChI is InChI=1S/C19H26BrN3O2/c1-13-12-25-7-6-22(13)19-9-18-15(8-17(19)20)10-23(21-18)16-4-2-14(11-24)3-5-16/h8-10,13-14,16,24H,2-7,11-12H2,1H3/t13-,14?,16?/m0/s1. The molecule has 0 radical (unpaired) electrons. The lowest BCUT2D eigenvalue weighted by molar-refractivity contribution is 0.0989. The Labute approximate surface area is 157 Å². The minimum absolute atomic E-state index is 0.321. The molecule has 6 heteroatoms. The first-order valence-electron chi connectivity index (χ1n) is 9.29. The van der Waals surface area contributed by atoms with Crippen LogP contribution in [-0.4, -0.2) is 47.3 Å². The summed E-state index contributed by atoms with van der Waals surface area (Å²) in [6, 6.07) is 5.23. The quantitative estimate of drug-likeness (QED) is 0.841. The van der Waals surface area contributed by atoms with Crippen molar-refractivity contribution in [3.05, 3.63) is 22.8 Å². The second-order valence-corrected chi connectivity index (χ2v) is 8.30. The van der Waals surface area contributed by atoms with E-state index in [1.807, 2.05) is 0 Å². The number of rotatable bonds is 3.